The zero-order valence-electron chi connectivity index (χ0n) is 20.9. The van der Waals surface area contributed by atoms with Gasteiger partial charge in [0, 0.05) is 29.1 Å². The Labute approximate surface area is 222 Å². The maximum Gasteiger partial charge on any atom is 0.272 e. The number of carbonyl (C=O) groups excluding carboxylic acids is 2. The number of carbonyl (C=O) groups is 2. The molecule has 0 radical (unpaired) electrons. The number of hydrogen-bond acceptors (Lipinski definition) is 5. The Balaban J connectivity index is 1.57. The van der Waals surface area contributed by atoms with Crippen LogP contribution in [0.25, 0.3) is 11.1 Å². The molecule has 9 heteroatoms. The van der Waals surface area contributed by atoms with Crippen molar-refractivity contribution in [3.8, 4) is 11.1 Å². The van der Waals surface area contributed by atoms with Crippen LogP contribution < -0.4 is 4.72 Å². The number of halogens is 1. The first-order valence-electron chi connectivity index (χ1n) is 11.9. The smallest absolute Gasteiger partial charge is 0.272 e. The molecule has 3 aromatic rings. The van der Waals surface area contributed by atoms with E-state index in [4.69, 9.17) is 11.6 Å². The molecule has 0 aliphatic carbocycles. The van der Waals surface area contributed by atoms with Crippen LogP contribution in [-0.4, -0.2) is 36.5 Å². The van der Waals surface area contributed by atoms with Crippen LogP contribution in [0.4, 0.5) is 0 Å². The van der Waals surface area contributed by atoms with E-state index in [0.717, 1.165) is 24.2 Å². The number of rotatable bonds is 8. The SMILES string of the molecule is CCCC1=NC(=O)C(C)(C)N1Cc1ccc(-c2ccccc2S(=O)(=O)NC(=O)c2ccc(Cl)cc2)cc1. The number of nitrogens with zero attached hydrogens (tertiary/aromatic N) is 2. The van der Waals surface area contributed by atoms with E-state index in [2.05, 4.69) is 16.6 Å². The van der Waals surface area contributed by atoms with Gasteiger partial charge in [-0.05, 0) is 61.7 Å². The number of amidine groups is 1. The molecular weight excluding hydrogens is 510 g/mol. The fraction of sp³-hybridized carbons (Fsp3) is 0.250. The molecule has 7 nitrogen and oxygen atoms in total. The topological polar surface area (TPSA) is 95.9 Å². The van der Waals surface area contributed by atoms with E-state index < -0.39 is 21.5 Å². The van der Waals surface area contributed by atoms with E-state index in [-0.39, 0.29) is 16.4 Å². The molecule has 2 amide bonds. The number of hydrogen-bond donors (Lipinski definition) is 1. The molecule has 0 atom stereocenters. The molecule has 1 heterocycles. The van der Waals surface area contributed by atoms with Gasteiger partial charge in [0.15, 0.2) is 0 Å². The minimum atomic E-state index is -4.15. The predicted octanol–water partition coefficient (Wildman–Crippen LogP) is 5.45. The van der Waals surface area contributed by atoms with Gasteiger partial charge in [0.05, 0.1) is 4.90 Å². The van der Waals surface area contributed by atoms with Crippen molar-refractivity contribution in [1.29, 1.82) is 0 Å². The average Bonchev–Trinajstić information content (AvgIpc) is 3.07. The van der Waals surface area contributed by atoms with Crippen molar-refractivity contribution >= 4 is 39.3 Å². The van der Waals surface area contributed by atoms with Crippen molar-refractivity contribution in [2.24, 2.45) is 4.99 Å². The number of aliphatic imine (C=N–C) groups is 1. The van der Waals surface area contributed by atoms with Crippen molar-refractivity contribution in [2.75, 3.05) is 0 Å². The van der Waals surface area contributed by atoms with Gasteiger partial charge in [-0.1, -0.05) is 61.0 Å². The van der Waals surface area contributed by atoms with E-state index in [1.54, 1.807) is 18.2 Å². The highest BCUT2D eigenvalue weighted by Gasteiger charge is 2.41. The summed E-state index contributed by atoms with van der Waals surface area (Å²) in [6.07, 6.45) is 1.61. The normalized spacial score (nSPS) is 15.0. The minimum absolute atomic E-state index is 0.00583. The Kier molecular flexibility index (Phi) is 7.52. The van der Waals surface area contributed by atoms with Crippen LogP contribution in [0.1, 0.15) is 49.5 Å². The molecule has 3 aromatic carbocycles. The van der Waals surface area contributed by atoms with Crippen molar-refractivity contribution < 1.29 is 18.0 Å². The van der Waals surface area contributed by atoms with E-state index in [1.165, 1.54) is 30.3 Å². The first kappa shape index (κ1) is 26.6. The average molecular weight is 538 g/mol. The van der Waals surface area contributed by atoms with Gasteiger partial charge in [-0.25, -0.2) is 13.1 Å². The third-order valence-corrected chi connectivity index (χ3v) is 7.97. The fourth-order valence-corrected chi connectivity index (χ4v) is 5.54. The largest absolute Gasteiger partial charge is 0.341 e. The van der Waals surface area contributed by atoms with Gasteiger partial charge < -0.3 is 4.90 Å². The van der Waals surface area contributed by atoms with E-state index >= 15 is 0 Å². The lowest BCUT2D eigenvalue weighted by atomic mass is 10.0. The van der Waals surface area contributed by atoms with Crippen molar-refractivity contribution in [3.05, 3.63) is 88.9 Å². The summed E-state index contributed by atoms with van der Waals surface area (Å²) < 4.78 is 28.5. The summed E-state index contributed by atoms with van der Waals surface area (Å²) >= 11 is 5.86. The lowest BCUT2D eigenvalue weighted by Crippen LogP contribution is -2.46. The van der Waals surface area contributed by atoms with Gasteiger partial charge in [-0.2, -0.15) is 4.99 Å². The Morgan fingerprint density at radius 1 is 1.00 bits per heavy atom. The predicted molar refractivity (Wildman–Crippen MR) is 145 cm³/mol. The zero-order chi connectivity index (χ0) is 26.8. The van der Waals surface area contributed by atoms with Crippen molar-refractivity contribution in [2.45, 2.75) is 50.6 Å². The van der Waals surface area contributed by atoms with Gasteiger partial charge in [-0.3, -0.25) is 9.59 Å². The monoisotopic (exact) mass is 537 g/mol. The summed E-state index contributed by atoms with van der Waals surface area (Å²) in [6.45, 7) is 6.30. The summed E-state index contributed by atoms with van der Waals surface area (Å²) in [5.41, 5.74) is 1.58. The quantitative estimate of drug-likeness (QED) is 0.412. The number of benzene rings is 3. The van der Waals surface area contributed by atoms with Crippen LogP contribution >= 0.6 is 11.6 Å². The highest BCUT2D eigenvalue weighted by molar-refractivity contribution is 7.90. The standard InChI is InChI=1S/C28H28ClN3O4S/c1-4-7-25-30-27(34)28(2,3)32(25)18-19-10-12-20(13-11-19)23-8-5-6-9-24(23)37(35,36)31-26(33)21-14-16-22(29)17-15-21/h5-6,8-17H,4,7,18H2,1-3H3,(H,31,33). The van der Waals surface area contributed by atoms with Crippen LogP contribution in [0.15, 0.2) is 82.7 Å². The summed E-state index contributed by atoms with van der Waals surface area (Å²) in [4.78, 5) is 31.3. The lowest BCUT2D eigenvalue weighted by molar-refractivity contribution is -0.124. The first-order chi connectivity index (χ1) is 17.5. The van der Waals surface area contributed by atoms with Gasteiger partial charge >= 0.3 is 0 Å². The van der Waals surface area contributed by atoms with Gasteiger partial charge in [0.25, 0.3) is 21.8 Å². The fourth-order valence-electron chi connectivity index (χ4n) is 4.20. The summed E-state index contributed by atoms with van der Waals surface area (Å²) in [5, 5.41) is 0.446. The third-order valence-electron chi connectivity index (χ3n) is 6.33. The molecule has 4 rings (SSSR count). The van der Waals surface area contributed by atoms with Gasteiger partial charge in [0.1, 0.15) is 11.4 Å². The molecule has 0 spiro atoms. The van der Waals surface area contributed by atoms with Crippen LogP contribution in [0.5, 0.6) is 0 Å². The summed E-state index contributed by atoms with van der Waals surface area (Å²) in [5.74, 6) is -0.101. The molecule has 0 saturated carbocycles. The second kappa shape index (κ2) is 10.5. The highest BCUT2D eigenvalue weighted by Crippen LogP contribution is 2.30. The number of nitrogens with one attached hydrogen (secondary N) is 1. The van der Waals surface area contributed by atoms with Crippen molar-refractivity contribution in [3.63, 3.8) is 0 Å². The van der Waals surface area contributed by atoms with E-state index in [9.17, 15) is 18.0 Å². The Hall–Kier alpha value is -3.49. The highest BCUT2D eigenvalue weighted by atomic mass is 35.5. The van der Waals surface area contributed by atoms with Crippen LogP contribution in [0, 0.1) is 0 Å². The van der Waals surface area contributed by atoms with Crippen LogP contribution in [0.2, 0.25) is 5.02 Å². The second-order valence-electron chi connectivity index (χ2n) is 9.36. The summed E-state index contributed by atoms with van der Waals surface area (Å²) in [7, 11) is -4.15. The summed E-state index contributed by atoms with van der Waals surface area (Å²) in [6, 6.07) is 20.0. The van der Waals surface area contributed by atoms with Gasteiger partial charge in [0.2, 0.25) is 0 Å². The molecule has 0 unspecified atom stereocenters. The molecule has 192 valence electrons. The molecule has 0 fully saturated rings. The Morgan fingerprint density at radius 2 is 1.65 bits per heavy atom. The molecular formula is C28H28ClN3O4S. The molecule has 0 aromatic heterocycles. The molecule has 1 N–H and O–H groups in total. The van der Waals surface area contributed by atoms with E-state index in [0.29, 0.717) is 22.7 Å². The first-order valence-corrected chi connectivity index (χ1v) is 13.8. The Morgan fingerprint density at radius 3 is 2.30 bits per heavy atom. The Bertz CT molecular complexity index is 1460. The molecule has 0 bridgehead atoms. The van der Waals surface area contributed by atoms with E-state index in [1.807, 2.05) is 43.0 Å². The molecule has 37 heavy (non-hydrogen) atoms. The lowest BCUT2D eigenvalue weighted by Gasteiger charge is -2.32. The van der Waals surface area contributed by atoms with Crippen molar-refractivity contribution in [1.82, 2.24) is 9.62 Å². The second-order valence-corrected chi connectivity index (χ2v) is 11.5. The van der Waals surface area contributed by atoms with Gasteiger partial charge in [-0.15, -0.1) is 0 Å². The maximum absolute atomic E-state index is 13.2. The molecule has 1 aliphatic rings. The molecule has 0 saturated heterocycles. The maximum atomic E-state index is 13.2. The molecule has 1 aliphatic heterocycles. The van der Waals surface area contributed by atoms with Crippen LogP contribution in [0.3, 0.4) is 0 Å². The third kappa shape index (κ3) is 5.60. The van der Waals surface area contributed by atoms with Crippen LogP contribution in [-0.2, 0) is 21.4 Å². The number of amides is 2. The number of sulfonamides is 1. The zero-order valence-corrected chi connectivity index (χ0v) is 22.4. The minimum Gasteiger partial charge on any atom is -0.341 e.